The third-order valence-electron chi connectivity index (χ3n) is 3.88. The van der Waals surface area contributed by atoms with Crippen molar-refractivity contribution in [3.63, 3.8) is 0 Å². The smallest absolute Gasteiger partial charge is 0.248 e. The summed E-state index contributed by atoms with van der Waals surface area (Å²) < 4.78 is 5.21. The van der Waals surface area contributed by atoms with Gasteiger partial charge in [0.05, 0.1) is 12.6 Å². The third-order valence-corrected chi connectivity index (χ3v) is 3.88. The SMILES string of the molecule is CC(NC(=O)CNC(=O)[C@@H](N)C(C)C)c1nc(Cc2ccccc2)no1. The van der Waals surface area contributed by atoms with Crippen molar-refractivity contribution in [1.29, 1.82) is 0 Å². The van der Waals surface area contributed by atoms with Crippen LogP contribution in [-0.4, -0.2) is 34.5 Å². The molecule has 1 aromatic heterocycles. The highest BCUT2D eigenvalue weighted by Crippen LogP contribution is 2.12. The first-order chi connectivity index (χ1) is 12.4. The summed E-state index contributed by atoms with van der Waals surface area (Å²) in [7, 11) is 0. The quantitative estimate of drug-likeness (QED) is 0.644. The Morgan fingerprint density at radius 1 is 1.19 bits per heavy atom. The summed E-state index contributed by atoms with van der Waals surface area (Å²) in [4.78, 5) is 28.0. The lowest BCUT2D eigenvalue weighted by molar-refractivity contribution is -0.127. The van der Waals surface area contributed by atoms with Crippen LogP contribution in [0.1, 0.15) is 44.1 Å². The van der Waals surface area contributed by atoms with E-state index in [0.29, 0.717) is 18.1 Å². The molecular formula is C18H25N5O3. The maximum atomic E-state index is 12.0. The lowest BCUT2D eigenvalue weighted by Crippen LogP contribution is -2.47. The standard InChI is InChI=1S/C18H25N5O3/c1-11(2)16(19)17(25)20-10-15(24)21-12(3)18-22-14(23-26-18)9-13-7-5-4-6-8-13/h4-8,11-12,16H,9-10,19H2,1-3H3,(H,20,25)(H,21,24)/t12?,16-/m0/s1. The molecule has 8 heteroatoms. The lowest BCUT2D eigenvalue weighted by atomic mass is 10.1. The summed E-state index contributed by atoms with van der Waals surface area (Å²) in [5.41, 5.74) is 6.80. The van der Waals surface area contributed by atoms with Gasteiger partial charge in [-0.2, -0.15) is 4.98 Å². The van der Waals surface area contributed by atoms with Gasteiger partial charge >= 0.3 is 0 Å². The van der Waals surface area contributed by atoms with Gasteiger partial charge in [-0.05, 0) is 18.4 Å². The Morgan fingerprint density at radius 2 is 1.88 bits per heavy atom. The van der Waals surface area contributed by atoms with Crippen molar-refractivity contribution in [2.45, 2.75) is 39.3 Å². The van der Waals surface area contributed by atoms with Gasteiger partial charge in [0.1, 0.15) is 6.04 Å². The molecule has 0 aliphatic carbocycles. The van der Waals surface area contributed by atoms with E-state index in [1.807, 2.05) is 44.2 Å². The van der Waals surface area contributed by atoms with Gasteiger partial charge in [-0.15, -0.1) is 0 Å². The molecule has 1 aromatic carbocycles. The number of hydrogen-bond acceptors (Lipinski definition) is 6. The van der Waals surface area contributed by atoms with Crippen LogP contribution in [0.4, 0.5) is 0 Å². The first-order valence-electron chi connectivity index (χ1n) is 8.56. The molecule has 8 nitrogen and oxygen atoms in total. The fourth-order valence-electron chi connectivity index (χ4n) is 2.24. The zero-order valence-corrected chi connectivity index (χ0v) is 15.2. The van der Waals surface area contributed by atoms with Crippen LogP contribution in [0, 0.1) is 5.92 Å². The van der Waals surface area contributed by atoms with Crippen molar-refractivity contribution in [3.8, 4) is 0 Å². The molecule has 0 radical (unpaired) electrons. The van der Waals surface area contributed by atoms with Crippen LogP contribution in [0.5, 0.6) is 0 Å². The van der Waals surface area contributed by atoms with Crippen LogP contribution in [-0.2, 0) is 16.0 Å². The van der Waals surface area contributed by atoms with Crippen LogP contribution in [0.3, 0.4) is 0 Å². The predicted octanol–water partition coefficient (Wildman–Crippen LogP) is 0.937. The van der Waals surface area contributed by atoms with E-state index in [9.17, 15) is 9.59 Å². The average Bonchev–Trinajstić information content (AvgIpc) is 3.08. The Kier molecular flexibility index (Phi) is 6.85. The highest BCUT2D eigenvalue weighted by Gasteiger charge is 2.20. The highest BCUT2D eigenvalue weighted by atomic mass is 16.5. The van der Waals surface area contributed by atoms with Crippen molar-refractivity contribution >= 4 is 11.8 Å². The summed E-state index contributed by atoms with van der Waals surface area (Å²) in [5, 5.41) is 9.15. The normalized spacial score (nSPS) is 13.3. The number of carbonyl (C=O) groups excluding carboxylic acids is 2. The minimum Gasteiger partial charge on any atom is -0.346 e. The first-order valence-corrected chi connectivity index (χ1v) is 8.56. The minimum absolute atomic E-state index is 0.00147. The Morgan fingerprint density at radius 3 is 2.54 bits per heavy atom. The molecule has 2 amide bonds. The van der Waals surface area contributed by atoms with E-state index in [4.69, 9.17) is 10.3 Å². The molecule has 0 aliphatic rings. The van der Waals surface area contributed by atoms with Crippen molar-refractivity contribution in [2.24, 2.45) is 11.7 Å². The number of nitrogens with two attached hydrogens (primary N) is 1. The van der Waals surface area contributed by atoms with Gasteiger partial charge in [0.2, 0.25) is 17.7 Å². The Labute approximate surface area is 152 Å². The molecule has 140 valence electrons. The van der Waals surface area contributed by atoms with Crippen LogP contribution in [0.2, 0.25) is 0 Å². The second-order valence-electron chi connectivity index (χ2n) is 6.49. The molecule has 26 heavy (non-hydrogen) atoms. The van der Waals surface area contributed by atoms with E-state index in [2.05, 4.69) is 20.8 Å². The largest absolute Gasteiger partial charge is 0.346 e. The van der Waals surface area contributed by atoms with Gasteiger partial charge in [-0.1, -0.05) is 49.3 Å². The molecule has 2 atom stereocenters. The van der Waals surface area contributed by atoms with Crippen LogP contribution in [0.25, 0.3) is 0 Å². The molecule has 0 saturated carbocycles. The molecule has 0 aliphatic heterocycles. The highest BCUT2D eigenvalue weighted by molar-refractivity contribution is 5.87. The topological polar surface area (TPSA) is 123 Å². The third kappa shape index (κ3) is 5.66. The van der Waals surface area contributed by atoms with Gasteiger partial charge in [-0.3, -0.25) is 9.59 Å². The summed E-state index contributed by atoms with van der Waals surface area (Å²) >= 11 is 0. The van der Waals surface area contributed by atoms with Gasteiger partial charge < -0.3 is 20.9 Å². The number of hydrogen-bond donors (Lipinski definition) is 3. The molecule has 1 unspecified atom stereocenters. The molecular weight excluding hydrogens is 334 g/mol. The van der Waals surface area contributed by atoms with Gasteiger partial charge in [0, 0.05) is 6.42 Å². The average molecular weight is 359 g/mol. The molecule has 0 saturated heterocycles. The zero-order chi connectivity index (χ0) is 19.1. The maximum absolute atomic E-state index is 12.0. The van der Waals surface area contributed by atoms with Crippen molar-refractivity contribution in [1.82, 2.24) is 20.8 Å². The summed E-state index contributed by atoms with van der Waals surface area (Å²) in [6.07, 6.45) is 0.550. The predicted molar refractivity (Wildman–Crippen MR) is 95.9 cm³/mol. The first kappa shape index (κ1) is 19.6. The monoisotopic (exact) mass is 359 g/mol. The number of benzene rings is 1. The Bertz CT molecular complexity index is 729. The minimum atomic E-state index is -0.642. The van der Waals surface area contributed by atoms with Crippen LogP contribution >= 0.6 is 0 Å². The van der Waals surface area contributed by atoms with E-state index in [1.165, 1.54) is 0 Å². The fourth-order valence-corrected chi connectivity index (χ4v) is 2.24. The maximum Gasteiger partial charge on any atom is 0.248 e. The molecule has 2 aromatic rings. The second kappa shape index (κ2) is 9.10. The van der Waals surface area contributed by atoms with E-state index in [0.717, 1.165) is 5.56 Å². The molecule has 2 rings (SSSR count). The number of amides is 2. The van der Waals surface area contributed by atoms with E-state index >= 15 is 0 Å². The molecule has 0 fully saturated rings. The van der Waals surface area contributed by atoms with Crippen LogP contribution < -0.4 is 16.4 Å². The zero-order valence-electron chi connectivity index (χ0n) is 15.2. The van der Waals surface area contributed by atoms with Gasteiger partial charge in [-0.25, -0.2) is 0 Å². The second-order valence-corrected chi connectivity index (χ2v) is 6.49. The number of rotatable bonds is 8. The lowest BCUT2D eigenvalue weighted by Gasteiger charge is -2.15. The fraction of sp³-hybridized carbons (Fsp3) is 0.444. The molecule has 0 spiro atoms. The van der Waals surface area contributed by atoms with Gasteiger partial charge in [0.15, 0.2) is 5.82 Å². The van der Waals surface area contributed by atoms with Crippen molar-refractivity contribution in [2.75, 3.05) is 6.54 Å². The molecule has 0 bridgehead atoms. The van der Waals surface area contributed by atoms with Crippen molar-refractivity contribution < 1.29 is 14.1 Å². The summed E-state index contributed by atoms with van der Waals surface area (Å²) in [6.45, 7) is 5.26. The van der Waals surface area contributed by atoms with Crippen LogP contribution in [0.15, 0.2) is 34.9 Å². The Hall–Kier alpha value is -2.74. The van der Waals surface area contributed by atoms with E-state index in [-0.39, 0.29) is 24.3 Å². The Balaban J connectivity index is 1.83. The number of aromatic nitrogens is 2. The number of carbonyl (C=O) groups is 2. The number of nitrogens with one attached hydrogen (secondary N) is 2. The summed E-state index contributed by atoms with van der Waals surface area (Å²) in [6, 6.07) is 8.68. The van der Waals surface area contributed by atoms with E-state index in [1.54, 1.807) is 6.92 Å². The summed E-state index contributed by atoms with van der Waals surface area (Å²) in [5.74, 6) is 0.145. The van der Waals surface area contributed by atoms with Crippen molar-refractivity contribution in [3.05, 3.63) is 47.6 Å². The van der Waals surface area contributed by atoms with E-state index < -0.39 is 12.1 Å². The molecule has 4 N–H and O–H groups in total. The van der Waals surface area contributed by atoms with Gasteiger partial charge in [0.25, 0.3) is 0 Å². The molecule has 1 heterocycles. The number of nitrogens with zero attached hydrogens (tertiary/aromatic N) is 2.